The summed E-state index contributed by atoms with van der Waals surface area (Å²) < 4.78 is 0. The van der Waals surface area contributed by atoms with E-state index in [0.717, 1.165) is 12.8 Å². The molecule has 0 aromatic rings. The van der Waals surface area contributed by atoms with Crippen molar-refractivity contribution in [1.29, 1.82) is 0 Å². The number of nitrogens with zero attached hydrogens (tertiary/aromatic N) is 1. The highest BCUT2D eigenvalue weighted by atomic mass is 16.2. The Morgan fingerprint density at radius 1 is 1.20 bits per heavy atom. The van der Waals surface area contributed by atoms with Crippen LogP contribution in [0.15, 0.2) is 0 Å². The molecule has 0 aromatic heterocycles. The summed E-state index contributed by atoms with van der Waals surface area (Å²) in [5, 5.41) is 3.02. The minimum absolute atomic E-state index is 0.0462. The Hall–Kier alpha value is -0.730. The largest absolute Gasteiger partial charge is 0.335 e. The molecule has 0 aliphatic carbocycles. The van der Waals surface area contributed by atoms with E-state index >= 15 is 0 Å². The van der Waals surface area contributed by atoms with Gasteiger partial charge in [0.1, 0.15) is 0 Å². The van der Waals surface area contributed by atoms with E-state index in [4.69, 9.17) is 0 Å². The molecule has 0 radical (unpaired) electrons. The Morgan fingerprint density at radius 3 is 2.00 bits per heavy atom. The van der Waals surface area contributed by atoms with Gasteiger partial charge in [0.15, 0.2) is 0 Å². The third-order valence-corrected chi connectivity index (χ3v) is 3.16. The summed E-state index contributed by atoms with van der Waals surface area (Å²) in [5.74, 6) is 0.476. The molecule has 0 spiro atoms. The van der Waals surface area contributed by atoms with Crippen LogP contribution in [-0.4, -0.2) is 30.1 Å². The molecule has 0 saturated heterocycles. The van der Waals surface area contributed by atoms with E-state index < -0.39 is 0 Å². The summed E-state index contributed by atoms with van der Waals surface area (Å²) in [4.78, 5) is 13.7. The van der Waals surface area contributed by atoms with Gasteiger partial charge in [0.05, 0.1) is 0 Å². The lowest BCUT2D eigenvalue weighted by Crippen LogP contribution is -2.47. The van der Waals surface area contributed by atoms with E-state index in [1.807, 2.05) is 18.9 Å². The molecule has 0 rings (SSSR count). The molecule has 0 aliphatic heterocycles. The van der Waals surface area contributed by atoms with Crippen LogP contribution in [0, 0.1) is 5.92 Å². The molecule has 0 bridgehead atoms. The predicted octanol–water partition coefficient (Wildman–Crippen LogP) is 2.86. The highest BCUT2D eigenvalue weighted by Crippen LogP contribution is 2.07. The van der Waals surface area contributed by atoms with Gasteiger partial charge in [-0.3, -0.25) is 0 Å². The molecule has 1 unspecified atom stereocenters. The fourth-order valence-electron chi connectivity index (χ4n) is 1.47. The van der Waals surface area contributed by atoms with Crippen molar-refractivity contribution in [3.05, 3.63) is 0 Å². The monoisotopic (exact) mass is 214 g/mol. The molecule has 1 N–H and O–H groups in total. The van der Waals surface area contributed by atoms with Crippen molar-refractivity contribution in [3.63, 3.8) is 0 Å². The van der Waals surface area contributed by atoms with E-state index in [0.29, 0.717) is 12.0 Å². The zero-order chi connectivity index (χ0) is 12.0. The summed E-state index contributed by atoms with van der Waals surface area (Å²) in [5.41, 5.74) is 0. The maximum absolute atomic E-state index is 11.8. The van der Waals surface area contributed by atoms with E-state index in [-0.39, 0.29) is 12.1 Å². The topological polar surface area (TPSA) is 32.3 Å². The van der Waals surface area contributed by atoms with E-state index in [9.17, 15) is 4.79 Å². The van der Waals surface area contributed by atoms with Gasteiger partial charge in [0, 0.05) is 19.1 Å². The number of amides is 2. The van der Waals surface area contributed by atoms with Crippen LogP contribution in [0.1, 0.15) is 47.5 Å². The fraction of sp³-hybridized carbons (Fsp3) is 0.917. The van der Waals surface area contributed by atoms with Crippen molar-refractivity contribution in [2.75, 3.05) is 7.05 Å². The van der Waals surface area contributed by atoms with Crippen molar-refractivity contribution < 1.29 is 4.79 Å². The Balaban J connectivity index is 4.20. The molecule has 0 saturated carbocycles. The van der Waals surface area contributed by atoms with Crippen LogP contribution in [0.3, 0.4) is 0 Å². The van der Waals surface area contributed by atoms with Crippen LogP contribution < -0.4 is 5.32 Å². The van der Waals surface area contributed by atoms with Crippen molar-refractivity contribution in [3.8, 4) is 0 Å². The van der Waals surface area contributed by atoms with Crippen molar-refractivity contribution in [2.24, 2.45) is 5.92 Å². The van der Waals surface area contributed by atoms with Crippen LogP contribution in [0.2, 0.25) is 0 Å². The summed E-state index contributed by atoms with van der Waals surface area (Å²) >= 11 is 0. The van der Waals surface area contributed by atoms with Gasteiger partial charge in [-0.15, -0.1) is 0 Å². The standard InChI is InChI=1S/C12H26N2O/c1-7-11(8-2)14(6)12(15)13-10(5)9(3)4/h9-11H,7-8H2,1-6H3,(H,13,15). The Labute approximate surface area is 94.2 Å². The van der Waals surface area contributed by atoms with Gasteiger partial charge in [-0.1, -0.05) is 27.7 Å². The van der Waals surface area contributed by atoms with Crippen molar-refractivity contribution in [2.45, 2.75) is 59.5 Å². The van der Waals surface area contributed by atoms with Crippen LogP contribution in [0.5, 0.6) is 0 Å². The minimum atomic E-state index is 0.0462. The molecule has 1 atom stereocenters. The van der Waals surface area contributed by atoms with Crippen molar-refractivity contribution >= 4 is 6.03 Å². The molecular formula is C12H26N2O. The number of hydrogen-bond donors (Lipinski definition) is 1. The Bertz CT molecular complexity index is 188. The molecule has 15 heavy (non-hydrogen) atoms. The van der Waals surface area contributed by atoms with E-state index in [2.05, 4.69) is 33.0 Å². The van der Waals surface area contributed by atoms with Gasteiger partial charge in [-0.2, -0.15) is 0 Å². The number of carbonyl (C=O) groups is 1. The lowest BCUT2D eigenvalue weighted by atomic mass is 10.1. The summed E-state index contributed by atoms with van der Waals surface area (Å²) in [7, 11) is 1.88. The Kier molecular flexibility index (Phi) is 6.37. The highest BCUT2D eigenvalue weighted by molar-refractivity contribution is 5.74. The Morgan fingerprint density at radius 2 is 1.67 bits per heavy atom. The third kappa shape index (κ3) is 4.54. The first-order valence-corrected chi connectivity index (χ1v) is 5.97. The average molecular weight is 214 g/mol. The predicted molar refractivity (Wildman–Crippen MR) is 65.0 cm³/mol. The van der Waals surface area contributed by atoms with Crippen LogP contribution in [-0.2, 0) is 0 Å². The molecule has 0 aromatic carbocycles. The summed E-state index contributed by atoms with van der Waals surface area (Å²) in [6, 6.07) is 0.628. The second-order valence-corrected chi connectivity index (χ2v) is 4.56. The summed E-state index contributed by atoms with van der Waals surface area (Å²) in [6.45, 7) is 10.5. The van der Waals surface area contributed by atoms with Gasteiger partial charge < -0.3 is 10.2 Å². The highest BCUT2D eigenvalue weighted by Gasteiger charge is 2.18. The van der Waals surface area contributed by atoms with Gasteiger partial charge in [0.2, 0.25) is 0 Å². The maximum Gasteiger partial charge on any atom is 0.317 e. The minimum Gasteiger partial charge on any atom is -0.335 e. The molecule has 0 aliphatic rings. The van der Waals surface area contributed by atoms with Crippen molar-refractivity contribution in [1.82, 2.24) is 10.2 Å². The quantitative estimate of drug-likeness (QED) is 0.750. The zero-order valence-corrected chi connectivity index (χ0v) is 11.0. The molecule has 3 nitrogen and oxygen atoms in total. The summed E-state index contributed by atoms with van der Waals surface area (Å²) in [6.07, 6.45) is 2.02. The molecule has 0 heterocycles. The fourth-order valence-corrected chi connectivity index (χ4v) is 1.47. The zero-order valence-electron chi connectivity index (χ0n) is 11.0. The van der Waals surface area contributed by atoms with Crippen LogP contribution >= 0.6 is 0 Å². The first-order chi connectivity index (χ1) is 6.93. The van der Waals surface area contributed by atoms with Gasteiger partial charge >= 0.3 is 6.03 Å². The lowest BCUT2D eigenvalue weighted by Gasteiger charge is -2.29. The SMILES string of the molecule is CCC(CC)N(C)C(=O)NC(C)C(C)C. The van der Waals surface area contributed by atoms with Gasteiger partial charge in [0.25, 0.3) is 0 Å². The molecule has 3 heteroatoms. The first kappa shape index (κ1) is 14.3. The molecular weight excluding hydrogens is 188 g/mol. The molecule has 2 amide bonds. The van der Waals surface area contributed by atoms with Crippen LogP contribution in [0.4, 0.5) is 4.79 Å². The number of urea groups is 1. The maximum atomic E-state index is 11.8. The number of rotatable bonds is 5. The molecule has 90 valence electrons. The van der Waals surface area contributed by atoms with E-state index in [1.54, 1.807) is 0 Å². The first-order valence-electron chi connectivity index (χ1n) is 5.97. The van der Waals surface area contributed by atoms with E-state index in [1.165, 1.54) is 0 Å². The number of carbonyl (C=O) groups excluding carboxylic acids is 1. The molecule has 0 fully saturated rings. The lowest BCUT2D eigenvalue weighted by molar-refractivity contribution is 0.180. The average Bonchev–Trinajstić information content (AvgIpc) is 2.19. The second-order valence-electron chi connectivity index (χ2n) is 4.56. The third-order valence-electron chi connectivity index (χ3n) is 3.16. The van der Waals surface area contributed by atoms with Gasteiger partial charge in [-0.25, -0.2) is 4.79 Å². The normalized spacial score (nSPS) is 13.1. The van der Waals surface area contributed by atoms with Gasteiger partial charge in [-0.05, 0) is 25.7 Å². The number of nitrogens with one attached hydrogen (secondary N) is 1. The van der Waals surface area contributed by atoms with Crippen LogP contribution in [0.25, 0.3) is 0 Å². The number of hydrogen-bond acceptors (Lipinski definition) is 1. The smallest absolute Gasteiger partial charge is 0.317 e. The second kappa shape index (κ2) is 6.70.